The van der Waals surface area contributed by atoms with Crippen LogP contribution in [0.2, 0.25) is 0 Å². The van der Waals surface area contributed by atoms with Crippen molar-refractivity contribution in [3.8, 4) is 17.2 Å². The largest absolute Gasteiger partial charge is 0.491 e. The lowest BCUT2D eigenvalue weighted by Gasteiger charge is -2.41. The lowest BCUT2D eigenvalue weighted by Crippen LogP contribution is -2.45. The first-order valence-corrected chi connectivity index (χ1v) is 17.9. The maximum Gasteiger partial charge on any atom is 0.132 e. The van der Waals surface area contributed by atoms with Crippen LogP contribution in [-0.4, -0.2) is 55.4 Å². The van der Waals surface area contributed by atoms with E-state index in [0.29, 0.717) is 18.1 Å². The highest BCUT2D eigenvalue weighted by Gasteiger charge is 2.37. The highest BCUT2D eigenvalue weighted by Crippen LogP contribution is 2.38. The van der Waals surface area contributed by atoms with Crippen molar-refractivity contribution in [2.75, 3.05) is 26.4 Å². The summed E-state index contributed by atoms with van der Waals surface area (Å²) in [6.45, 7) is 19.6. The van der Waals surface area contributed by atoms with Crippen molar-refractivity contribution in [2.45, 2.75) is 102 Å². The smallest absolute Gasteiger partial charge is 0.132 e. The highest BCUT2D eigenvalue weighted by molar-refractivity contribution is 5.43. The second-order valence-corrected chi connectivity index (χ2v) is 16.1. The van der Waals surface area contributed by atoms with Gasteiger partial charge in [0.25, 0.3) is 0 Å². The molecule has 6 rings (SSSR count). The van der Waals surface area contributed by atoms with E-state index >= 15 is 0 Å². The molecule has 0 saturated carbocycles. The van der Waals surface area contributed by atoms with E-state index in [9.17, 15) is 5.11 Å². The summed E-state index contributed by atoms with van der Waals surface area (Å²) < 4.78 is 29.2. The zero-order valence-electron chi connectivity index (χ0n) is 31.0. The van der Waals surface area contributed by atoms with Crippen molar-refractivity contribution < 1.29 is 28.8 Å². The fourth-order valence-corrected chi connectivity index (χ4v) is 6.62. The molecule has 1 N–H and O–H groups in total. The average Bonchev–Trinajstić information content (AvgIpc) is 3.90. The van der Waals surface area contributed by atoms with E-state index in [1.807, 2.05) is 50.2 Å². The first kappa shape index (κ1) is 36.0. The molecule has 0 aliphatic carbocycles. The molecule has 3 atom stereocenters. The molecular weight excluding hydrogens is 624 g/mol. The van der Waals surface area contributed by atoms with Gasteiger partial charge in [-0.25, -0.2) is 0 Å². The van der Waals surface area contributed by atoms with Crippen LogP contribution in [0.1, 0.15) is 89.6 Å². The monoisotopic (exact) mass is 678 g/mol. The number of benzene rings is 4. The normalized spacial score (nSPS) is 18.6. The van der Waals surface area contributed by atoms with Crippen LogP contribution in [0.4, 0.5) is 0 Å². The summed E-state index contributed by atoms with van der Waals surface area (Å²) in [4.78, 5) is 0. The molecule has 4 aromatic rings. The Labute approximate surface area is 298 Å². The zero-order chi connectivity index (χ0) is 35.7. The van der Waals surface area contributed by atoms with Crippen molar-refractivity contribution in [3.05, 3.63) is 125 Å². The van der Waals surface area contributed by atoms with Gasteiger partial charge in [-0.15, -0.1) is 0 Å². The standard InChI is InChI=1S/C44H54O6/c1-41(2,30-9-11-34(12-10-30)43(5,6)40-25-26-46-40)31-15-21-36(22-16-31)49-29-39(45)44(7,8)50-37-23-17-33(18-24-37)42(3,4)32-13-19-35(20-14-32)47-27-38-28-48-38/h9-24,38-40,45H,25-29H2,1-8H3. The fourth-order valence-electron chi connectivity index (χ4n) is 6.62. The third-order valence-corrected chi connectivity index (χ3v) is 11.0. The Hall–Kier alpha value is -3.84. The first-order chi connectivity index (χ1) is 23.7. The third-order valence-electron chi connectivity index (χ3n) is 11.0. The Morgan fingerprint density at radius 2 is 1.00 bits per heavy atom. The Kier molecular flexibility index (Phi) is 10.1. The Balaban J connectivity index is 1.02. The van der Waals surface area contributed by atoms with Crippen LogP contribution < -0.4 is 14.2 Å². The van der Waals surface area contributed by atoms with Gasteiger partial charge in [0.05, 0.1) is 12.7 Å². The summed E-state index contributed by atoms with van der Waals surface area (Å²) in [6, 6.07) is 33.6. The van der Waals surface area contributed by atoms with Crippen LogP contribution in [-0.2, 0) is 25.7 Å². The summed E-state index contributed by atoms with van der Waals surface area (Å²) in [5, 5.41) is 11.1. The minimum Gasteiger partial charge on any atom is -0.491 e. The number of ether oxygens (including phenoxy) is 5. The van der Waals surface area contributed by atoms with Crippen molar-refractivity contribution >= 4 is 0 Å². The fraction of sp³-hybridized carbons (Fsp3) is 0.455. The van der Waals surface area contributed by atoms with E-state index in [0.717, 1.165) is 25.4 Å². The summed E-state index contributed by atoms with van der Waals surface area (Å²) in [5.74, 6) is 2.25. The summed E-state index contributed by atoms with van der Waals surface area (Å²) in [7, 11) is 0. The maximum atomic E-state index is 11.1. The van der Waals surface area contributed by atoms with Crippen LogP contribution in [0.25, 0.3) is 0 Å². The van der Waals surface area contributed by atoms with Gasteiger partial charge in [-0.1, -0.05) is 102 Å². The van der Waals surface area contributed by atoms with Gasteiger partial charge in [0.1, 0.15) is 48.3 Å². The highest BCUT2D eigenvalue weighted by atomic mass is 16.6. The van der Waals surface area contributed by atoms with Gasteiger partial charge < -0.3 is 28.8 Å². The van der Waals surface area contributed by atoms with Gasteiger partial charge >= 0.3 is 0 Å². The minimum absolute atomic E-state index is 0.00167. The number of rotatable bonds is 15. The maximum absolute atomic E-state index is 11.1. The van der Waals surface area contributed by atoms with Gasteiger partial charge in [-0.2, -0.15) is 0 Å². The minimum atomic E-state index is -0.869. The van der Waals surface area contributed by atoms with Gasteiger partial charge in [-0.05, 0) is 84.5 Å². The van der Waals surface area contributed by atoms with Gasteiger partial charge in [0.15, 0.2) is 0 Å². The molecule has 50 heavy (non-hydrogen) atoms. The molecule has 266 valence electrons. The molecule has 0 radical (unpaired) electrons. The Bertz CT molecular complexity index is 1690. The van der Waals surface area contributed by atoms with Gasteiger partial charge in [0, 0.05) is 22.9 Å². The summed E-state index contributed by atoms with van der Waals surface area (Å²) in [5.41, 5.74) is 4.85. The summed E-state index contributed by atoms with van der Waals surface area (Å²) in [6.07, 6.45) is 0.794. The number of aliphatic hydroxyl groups excluding tert-OH is 1. The molecule has 2 aliphatic rings. The van der Waals surface area contributed by atoms with Crippen LogP contribution in [0.15, 0.2) is 97.1 Å². The molecule has 4 aromatic carbocycles. The van der Waals surface area contributed by atoms with Crippen LogP contribution in [0, 0.1) is 0 Å². The van der Waals surface area contributed by atoms with Crippen molar-refractivity contribution in [1.29, 1.82) is 0 Å². The predicted molar refractivity (Wildman–Crippen MR) is 199 cm³/mol. The zero-order valence-corrected chi connectivity index (χ0v) is 31.0. The molecule has 6 nitrogen and oxygen atoms in total. The van der Waals surface area contributed by atoms with Crippen molar-refractivity contribution in [3.63, 3.8) is 0 Å². The van der Waals surface area contributed by atoms with E-state index in [4.69, 9.17) is 23.7 Å². The van der Waals surface area contributed by atoms with Crippen LogP contribution in [0.5, 0.6) is 17.2 Å². The molecule has 0 aromatic heterocycles. The van der Waals surface area contributed by atoms with E-state index in [-0.39, 0.29) is 35.1 Å². The van der Waals surface area contributed by atoms with E-state index < -0.39 is 11.7 Å². The molecule has 2 saturated heterocycles. The van der Waals surface area contributed by atoms with Crippen LogP contribution in [0.3, 0.4) is 0 Å². The average molecular weight is 679 g/mol. The van der Waals surface area contributed by atoms with E-state index in [2.05, 4.69) is 102 Å². The molecule has 2 fully saturated rings. The molecule has 2 heterocycles. The molecular formula is C44H54O6. The quantitative estimate of drug-likeness (QED) is 0.127. The lowest BCUT2D eigenvalue weighted by molar-refractivity contribution is -0.0890. The molecule has 3 unspecified atom stereocenters. The van der Waals surface area contributed by atoms with E-state index in [1.54, 1.807) is 0 Å². The van der Waals surface area contributed by atoms with Gasteiger partial charge in [0.2, 0.25) is 0 Å². The van der Waals surface area contributed by atoms with E-state index in [1.165, 1.54) is 27.8 Å². The summed E-state index contributed by atoms with van der Waals surface area (Å²) >= 11 is 0. The second-order valence-electron chi connectivity index (χ2n) is 16.1. The molecule has 6 heteroatoms. The molecule has 0 bridgehead atoms. The van der Waals surface area contributed by atoms with Crippen molar-refractivity contribution in [2.24, 2.45) is 0 Å². The van der Waals surface area contributed by atoms with Crippen LogP contribution >= 0.6 is 0 Å². The lowest BCUT2D eigenvalue weighted by atomic mass is 9.74. The first-order valence-electron chi connectivity index (χ1n) is 17.9. The van der Waals surface area contributed by atoms with Crippen molar-refractivity contribution in [1.82, 2.24) is 0 Å². The number of hydrogen-bond acceptors (Lipinski definition) is 6. The molecule has 0 amide bonds. The molecule has 0 spiro atoms. The topological polar surface area (TPSA) is 69.7 Å². The Morgan fingerprint density at radius 3 is 1.42 bits per heavy atom. The Morgan fingerprint density at radius 1 is 0.600 bits per heavy atom. The third kappa shape index (κ3) is 7.88. The number of hydrogen-bond donors (Lipinski definition) is 1. The van der Waals surface area contributed by atoms with Gasteiger partial charge in [-0.3, -0.25) is 0 Å². The number of aliphatic hydroxyl groups is 1. The number of epoxide rings is 1. The SMILES string of the molecule is CC(C)(c1ccc(OCC2CO2)cc1)c1ccc(OC(C)(C)C(O)COc2ccc(C(C)(C)c3ccc(C(C)(C)C4CCO4)cc3)cc2)cc1. The predicted octanol–water partition coefficient (Wildman–Crippen LogP) is 8.78. The molecule has 2 aliphatic heterocycles. The second kappa shape index (κ2) is 14.1.